The van der Waals surface area contributed by atoms with E-state index in [0.29, 0.717) is 22.6 Å². The Labute approximate surface area is 165 Å². The standard InChI is InChI=1S/C18H17ClF2N4O2S/c1-9-6-15(22-8-14(9)21)24-16(11-4-5-13(20)12(19)7-11)17-23-10(2)18(25-17)28(3,26)27/h4-8,16H,1-3H3,(H,22,24)(H,23,25)/t16-/m1/s1. The van der Waals surface area contributed by atoms with Gasteiger partial charge in [-0.15, -0.1) is 0 Å². The predicted molar refractivity (Wildman–Crippen MR) is 102 cm³/mol. The molecule has 28 heavy (non-hydrogen) atoms. The molecule has 1 aromatic carbocycles. The Bertz CT molecular complexity index is 1150. The molecular weight excluding hydrogens is 410 g/mol. The van der Waals surface area contributed by atoms with Gasteiger partial charge in [0.15, 0.2) is 14.9 Å². The third kappa shape index (κ3) is 4.15. The largest absolute Gasteiger partial charge is 0.356 e. The molecule has 0 radical (unpaired) electrons. The molecule has 1 atom stereocenters. The van der Waals surface area contributed by atoms with Gasteiger partial charge in [-0.3, -0.25) is 0 Å². The molecule has 0 aliphatic rings. The van der Waals surface area contributed by atoms with Gasteiger partial charge < -0.3 is 10.3 Å². The van der Waals surface area contributed by atoms with Crippen LogP contribution in [0.3, 0.4) is 0 Å². The highest BCUT2D eigenvalue weighted by atomic mass is 35.5. The summed E-state index contributed by atoms with van der Waals surface area (Å²) in [5.41, 5.74) is 1.26. The summed E-state index contributed by atoms with van der Waals surface area (Å²) in [4.78, 5) is 11.1. The third-order valence-corrected chi connectivity index (χ3v) is 5.49. The van der Waals surface area contributed by atoms with E-state index in [2.05, 4.69) is 20.3 Å². The molecule has 2 heterocycles. The number of imidazole rings is 1. The predicted octanol–water partition coefficient (Wildman–Crippen LogP) is 3.96. The Morgan fingerprint density at radius 2 is 1.89 bits per heavy atom. The van der Waals surface area contributed by atoms with Crippen molar-refractivity contribution >= 4 is 27.3 Å². The van der Waals surface area contributed by atoms with Crippen LogP contribution in [0.25, 0.3) is 0 Å². The normalized spacial score (nSPS) is 12.8. The van der Waals surface area contributed by atoms with Gasteiger partial charge in [0.1, 0.15) is 29.3 Å². The number of halogens is 3. The van der Waals surface area contributed by atoms with Crippen LogP contribution in [-0.2, 0) is 9.84 Å². The van der Waals surface area contributed by atoms with Crippen LogP contribution in [0.5, 0.6) is 0 Å². The summed E-state index contributed by atoms with van der Waals surface area (Å²) < 4.78 is 51.0. The average molecular weight is 427 g/mol. The van der Waals surface area contributed by atoms with Crippen molar-refractivity contribution in [2.24, 2.45) is 0 Å². The number of pyridine rings is 1. The molecule has 0 amide bonds. The van der Waals surface area contributed by atoms with E-state index in [1.807, 2.05) is 0 Å². The molecule has 2 aromatic heterocycles. The first-order valence-electron chi connectivity index (χ1n) is 8.16. The lowest BCUT2D eigenvalue weighted by molar-refractivity contribution is 0.597. The van der Waals surface area contributed by atoms with E-state index < -0.39 is 27.5 Å². The summed E-state index contributed by atoms with van der Waals surface area (Å²) in [7, 11) is -3.55. The monoisotopic (exact) mass is 426 g/mol. The Morgan fingerprint density at radius 3 is 2.46 bits per heavy atom. The number of anilines is 1. The summed E-state index contributed by atoms with van der Waals surface area (Å²) in [6.07, 6.45) is 2.13. The first-order valence-corrected chi connectivity index (χ1v) is 10.4. The maximum Gasteiger partial charge on any atom is 0.194 e. The van der Waals surface area contributed by atoms with Gasteiger partial charge >= 0.3 is 0 Å². The maximum absolute atomic E-state index is 13.6. The Balaban J connectivity index is 2.11. The fraction of sp³-hybridized carbons (Fsp3) is 0.222. The number of benzene rings is 1. The lowest BCUT2D eigenvalue weighted by Crippen LogP contribution is -2.15. The zero-order chi connectivity index (χ0) is 20.6. The highest BCUT2D eigenvalue weighted by Gasteiger charge is 2.24. The third-order valence-electron chi connectivity index (χ3n) is 4.10. The van der Waals surface area contributed by atoms with Gasteiger partial charge in [0, 0.05) is 6.26 Å². The van der Waals surface area contributed by atoms with Crippen molar-refractivity contribution in [2.75, 3.05) is 11.6 Å². The average Bonchev–Trinajstić information content (AvgIpc) is 3.00. The van der Waals surface area contributed by atoms with Gasteiger partial charge in [-0.2, -0.15) is 0 Å². The van der Waals surface area contributed by atoms with Gasteiger partial charge in [-0.1, -0.05) is 17.7 Å². The van der Waals surface area contributed by atoms with E-state index >= 15 is 0 Å². The maximum atomic E-state index is 13.6. The number of rotatable bonds is 5. The molecule has 0 saturated carbocycles. The molecule has 0 saturated heterocycles. The van der Waals surface area contributed by atoms with Gasteiger partial charge in [-0.25, -0.2) is 27.2 Å². The smallest absolute Gasteiger partial charge is 0.194 e. The van der Waals surface area contributed by atoms with Crippen LogP contribution in [0.1, 0.15) is 28.7 Å². The van der Waals surface area contributed by atoms with E-state index in [-0.39, 0.29) is 15.9 Å². The zero-order valence-corrected chi connectivity index (χ0v) is 16.8. The number of hydrogen-bond donors (Lipinski definition) is 2. The van der Waals surface area contributed by atoms with Crippen molar-refractivity contribution in [3.63, 3.8) is 0 Å². The van der Waals surface area contributed by atoms with Crippen LogP contribution in [0.4, 0.5) is 14.6 Å². The minimum absolute atomic E-state index is 0.0919. The molecule has 10 heteroatoms. The molecule has 0 aliphatic carbocycles. The molecular formula is C18H17ClF2N4O2S. The van der Waals surface area contributed by atoms with Gasteiger partial charge in [-0.05, 0) is 43.2 Å². The quantitative estimate of drug-likeness (QED) is 0.644. The SMILES string of the molecule is Cc1cc(N[C@H](c2ccc(F)c(Cl)c2)c2nc(S(C)(=O)=O)c(C)[nH]2)ncc1F. The van der Waals surface area contributed by atoms with Crippen molar-refractivity contribution in [3.8, 4) is 0 Å². The second-order valence-electron chi connectivity index (χ2n) is 6.39. The topological polar surface area (TPSA) is 87.7 Å². The lowest BCUT2D eigenvalue weighted by atomic mass is 10.1. The second kappa shape index (κ2) is 7.48. The van der Waals surface area contributed by atoms with E-state index in [1.165, 1.54) is 24.3 Å². The molecule has 0 fully saturated rings. The first-order chi connectivity index (χ1) is 13.1. The van der Waals surface area contributed by atoms with Crippen molar-refractivity contribution in [2.45, 2.75) is 24.9 Å². The molecule has 3 rings (SSSR count). The number of nitrogens with one attached hydrogen (secondary N) is 2. The fourth-order valence-electron chi connectivity index (χ4n) is 2.73. The van der Waals surface area contributed by atoms with Crippen molar-refractivity contribution in [1.82, 2.24) is 15.0 Å². The Hall–Kier alpha value is -2.52. The van der Waals surface area contributed by atoms with E-state index in [4.69, 9.17) is 11.6 Å². The molecule has 0 spiro atoms. The highest BCUT2D eigenvalue weighted by molar-refractivity contribution is 7.90. The summed E-state index contributed by atoms with van der Waals surface area (Å²) in [5.74, 6) is -0.448. The van der Waals surface area contributed by atoms with Crippen LogP contribution in [0.15, 0.2) is 35.5 Å². The number of sulfone groups is 1. The van der Waals surface area contributed by atoms with E-state index in [9.17, 15) is 17.2 Å². The van der Waals surface area contributed by atoms with Gasteiger partial charge in [0.2, 0.25) is 0 Å². The number of H-pyrrole nitrogens is 1. The number of aryl methyl sites for hydroxylation is 2. The highest BCUT2D eigenvalue weighted by Crippen LogP contribution is 2.29. The summed E-state index contributed by atoms with van der Waals surface area (Å²) in [6.45, 7) is 3.17. The minimum Gasteiger partial charge on any atom is -0.356 e. The molecule has 0 unspecified atom stereocenters. The van der Waals surface area contributed by atoms with E-state index in [0.717, 1.165) is 12.5 Å². The van der Waals surface area contributed by atoms with Crippen molar-refractivity contribution in [1.29, 1.82) is 0 Å². The van der Waals surface area contributed by atoms with Crippen molar-refractivity contribution in [3.05, 3.63) is 69.8 Å². The first kappa shape index (κ1) is 20.2. The summed E-state index contributed by atoms with van der Waals surface area (Å²) in [5, 5.41) is 2.88. The summed E-state index contributed by atoms with van der Waals surface area (Å²) >= 11 is 5.91. The van der Waals surface area contributed by atoms with Crippen LogP contribution >= 0.6 is 11.6 Å². The molecule has 2 N–H and O–H groups in total. The Morgan fingerprint density at radius 1 is 1.18 bits per heavy atom. The van der Waals surface area contributed by atoms with Crippen LogP contribution in [-0.4, -0.2) is 29.6 Å². The van der Waals surface area contributed by atoms with Crippen LogP contribution in [0.2, 0.25) is 5.02 Å². The van der Waals surface area contributed by atoms with Gasteiger partial charge in [0.05, 0.1) is 16.9 Å². The molecule has 148 valence electrons. The number of hydrogen-bond acceptors (Lipinski definition) is 5. The minimum atomic E-state index is -3.55. The second-order valence-corrected chi connectivity index (χ2v) is 8.73. The van der Waals surface area contributed by atoms with E-state index in [1.54, 1.807) is 13.8 Å². The lowest BCUT2D eigenvalue weighted by Gasteiger charge is -2.18. The van der Waals surface area contributed by atoms with Crippen molar-refractivity contribution < 1.29 is 17.2 Å². The molecule has 3 aromatic rings. The number of aromatic nitrogens is 3. The zero-order valence-electron chi connectivity index (χ0n) is 15.2. The van der Waals surface area contributed by atoms with Crippen LogP contribution < -0.4 is 5.32 Å². The number of aromatic amines is 1. The van der Waals surface area contributed by atoms with Crippen LogP contribution in [0, 0.1) is 25.5 Å². The molecule has 6 nitrogen and oxygen atoms in total. The summed E-state index contributed by atoms with van der Waals surface area (Å²) in [6, 6.07) is 4.87. The fourth-order valence-corrected chi connectivity index (χ4v) is 3.79. The van der Waals surface area contributed by atoms with Gasteiger partial charge in [0.25, 0.3) is 0 Å². The Kier molecular flexibility index (Phi) is 5.40. The number of nitrogens with zero attached hydrogens (tertiary/aromatic N) is 2. The molecule has 0 aliphatic heterocycles. The molecule has 0 bridgehead atoms.